The second kappa shape index (κ2) is 6.72. The van der Waals surface area contributed by atoms with Gasteiger partial charge in [-0.2, -0.15) is 0 Å². The monoisotopic (exact) mass is 317 g/mol. The zero-order valence-electron chi connectivity index (χ0n) is 13.2. The highest BCUT2D eigenvalue weighted by molar-refractivity contribution is 5.76. The Labute approximate surface area is 136 Å². The summed E-state index contributed by atoms with van der Waals surface area (Å²) in [5.41, 5.74) is 0.432. The number of carboxylic acid groups (broad SMARTS) is 1. The molecule has 2 atom stereocenters. The predicted molar refractivity (Wildman–Crippen MR) is 86.4 cm³/mol. The zero-order chi connectivity index (χ0) is 16.3. The lowest BCUT2D eigenvalue weighted by molar-refractivity contribution is -0.159. The number of carboxylic acids is 1. The molecule has 1 N–H and O–H groups in total. The van der Waals surface area contributed by atoms with Crippen molar-refractivity contribution in [2.45, 2.75) is 13.0 Å². The van der Waals surface area contributed by atoms with Crippen LogP contribution in [0, 0.1) is 11.3 Å². The number of nitrogens with zero attached hydrogens (tertiary/aromatic N) is 1. The van der Waals surface area contributed by atoms with Crippen molar-refractivity contribution in [2.24, 2.45) is 11.3 Å². The molecule has 0 radical (unpaired) electrons. The maximum Gasteiger partial charge on any atom is 0.313 e. The van der Waals surface area contributed by atoms with Crippen molar-refractivity contribution in [3.8, 4) is 5.75 Å². The summed E-state index contributed by atoms with van der Waals surface area (Å²) >= 11 is 0. The van der Waals surface area contributed by atoms with Gasteiger partial charge in [-0.05, 0) is 30.0 Å². The molecule has 0 unspecified atom stereocenters. The first-order valence-electron chi connectivity index (χ1n) is 8.00. The van der Waals surface area contributed by atoms with Gasteiger partial charge in [-0.1, -0.05) is 24.8 Å². The third-order valence-corrected chi connectivity index (χ3v) is 4.86. The summed E-state index contributed by atoms with van der Waals surface area (Å²) in [4.78, 5) is 14.0. The number of benzene rings is 1. The third kappa shape index (κ3) is 3.26. The summed E-state index contributed by atoms with van der Waals surface area (Å²) < 4.78 is 10.9. The number of aliphatic carboxylic acids is 1. The number of hydrogen-bond donors (Lipinski definition) is 1. The average Bonchev–Trinajstić information content (AvgIpc) is 2.93. The highest BCUT2D eigenvalue weighted by atomic mass is 16.5. The first-order chi connectivity index (χ1) is 11.1. The van der Waals surface area contributed by atoms with Gasteiger partial charge in [0.05, 0.1) is 6.61 Å². The second-order valence-corrected chi connectivity index (χ2v) is 6.41. The standard InChI is InChI=1S/C18H23NO4/c1-2-8-23-16-5-3-14(4-6-16)10-19-11-15-7-9-22-13-18(15,12-19)17(20)21/h2-6,15H,1,7-13H2,(H,20,21)/t15-,18+/m0/s1. The normalized spacial score (nSPS) is 27.4. The molecule has 2 saturated heterocycles. The molecule has 2 aliphatic rings. The van der Waals surface area contributed by atoms with E-state index in [0.29, 0.717) is 26.4 Å². The van der Waals surface area contributed by atoms with Gasteiger partial charge < -0.3 is 14.6 Å². The molecule has 5 nitrogen and oxygen atoms in total. The summed E-state index contributed by atoms with van der Waals surface area (Å²) in [5, 5.41) is 9.67. The van der Waals surface area contributed by atoms with Gasteiger partial charge in [0.15, 0.2) is 0 Å². The van der Waals surface area contributed by atoms with E-state index in [1.165, 1.54) is 0 Å². The van der Waals surface area contributed by atoms with Crippen LogP contribution in [0.3, 0.4) is 0 Å². The molecule has 2 heterocycles. The van der Waals surface area contributed by atoms with E-state index >= 15 is 0 Å². The highest BCUT2D eigenvalue weighted by Crippen LogP contribution is 2.42. The fourth-order valence-corrected chi connectivity index (χ4v) is 3.62. The topological polar surface area (TPSA) is 59.0 Å². The van der Waals surface area contributed by atoms with Gasteiger partial charge in [0.2, 0.25) is 0 Å². The number of ether oxygens (including phenoxy) is 2. The Kier molecular flexibility index (Phi) is 4.68. The predicted octanol–water partition coefficient (Wildman–Crippen LogP) is 2.17. The van der Waals surface area contributed by atoms with Crippen LogP contribution in [0.4, 0.5) is 0 Å². The molecule has 23 heavy (non-hydrogen) atoms. The molecule has 1 aromatic rings. The SMILES string of the molecule is C=CCOc1ccc(CN2C[C@@H]3CCOC[C@]3(C(=O)O)C2)cc1. The van der Waals surface area contributed by atoms with E-state index in [4.69, 9.17) is 9.47 Å². The maximum atomic E-state index is 11.8. The molecule has 0 saturated carbocycles. The van der Waals surface area contributed by atoms with Gasteiger partial charge in [-0.15, -0.1) is 0 Å². The van der Waals surface area contributed by atoms with Crippen molar-refractivity contribution in [3.05, 3.63) is 42.5 Å². The van der Waals surface area contributed by atoms with Crippen LogP contribution in [0.5, 0.6) is 5.75 Å². The molecule has 0 amide bonds. The van der Waals surface area contributed by atoms with E-state index < -0.39 is 11.4 Å². The van der Waals surface area contributed by atoms with Crippen LogP contribution in [0.2, 0.25) is 0 Å². The first kappa shape index (κ1) is 16.0. The summed E-state index contributed by atoms with van der Waals surface area (Å²) in [6.45, 7) is 7.26. The van der Waals surface area contributed by atoms with Gasteiger partial charge in [-0.25, -0.2) is 0 Å². The Morgan fingerprint density at radius 3 is 2.91 bits per heavy atom. The van der Waals surface area contributed by atoms with Crippen molar-refractivity contribution in [1.82, 2.24) is 4.90 Å². The van der Waals surface area contributed by atoms with Crippen molar-refractivity contribution in [1.29, 1.82) is 0 Å². The van der Waals surface area contributed by atoms with Gasteiger partial charge in [0, 0.05) is 26.2 Å². The average molecular weight is 317 g/mol. The largest absolute Gasteiger partial charge is 0.490 e. The molecule has 1 aromatic carbocycles. The van der Waals surface area contributed by atoms with Gasteiger partial charge >= 0.3 is 5.97 Å². The van der Waals surface area contributed by atoms with E-state index in [2.05, 4.69) is 11.5 Å². The minimum absolute atomic E-state index is 0.184. The Hall–Kier alpha value is -1.85. The minimum atomic E-state index is -0.731. The molecule has 2 aliphatic heterocycles. The van der Waals surface area contributed by atoms with Gasteiger partial charge in [0.1, 0.15) is 17.8 Å². The van der Waals surface area contributed by atoms with Crippen LogP contribution < -0.4 is 4.74 Å². The number of fused-ring (bicyclic) bond motifs is 1. The molecular formula is C18H23NO4. The lowest BCUT2D eigenvalue weighted by Crippen LogP contribution is -2.46. The lowest BCUT2D eigenvalue weighted by atomic mass is 9.76. The highest BCUT2D eigenvalue weighted by Gasteiger charge is 2.53. The number of carbonyl (C=O) groups is 1. The number of hydrogen-bond acceptors (Lipinski definition) is 4. The molecule has 0 aromatic heterocycles. The van der Waals surface area contributed by atoms with E-state index in [0.717, 1.165) is 30.8 Å². The van der Waals surface area contributed by atoms with Crippen molar-refractivity contribution < 1.29 is 19.4 Å². The first-order valence-corrected chi connectivity index (χ1v) is 8.00. The van der Waals surface area contributed by atoms with Crippen LogP contribution in [-0.4, -0.2) is 48.9 Å². The summed E-state index contributed by atoms with van der Waals surface area (Å²) in [6.07, 6.45) is 2.55. The minimum Gasteiger partial charge on any atom is -0.490 e. The zero-order valence-corrected chi connectivity index (χ0v) is 13.2. The molecule has 0 bridgehead atoms. The molecule has 2 fully saturated rings. The van der Waals surface area contributed by atoms with Crippen molar-refractivity contribution >= 4 is 5.97 Å². The number of likely N-dealkylation sites (tertiary alicyclic amines) is 1. The van der Waals surface area contributed by atoms with Crippen LogP contribution in [0.25, 0.3) is 0 Å². The fraction of sp³-hybridized carbons (Fsp3) is 0.500. The molecule has 5 heteroatoms. The second-order valence-electron chi connectivity index (χ2n) is 6.41. The molecular weight excluding hydrogens is 294 g/mol. The summed E-state index contributed by atoms with van der Waals surface area (Å²) in [5.74, 6) is 0.279. The number of rotatable bonds is 6. The van der Waals surface area contributed by atoms with Crippen LogP contribution >= 0.6 is 0 Å². The van der Waals surface area contributed by atoms with E-state index in [1.807, 2.05) is 24.3 Å². The van der Waals surface area contributed by atoms with Gasteiger partial charge in [-0.3, -0.25) is 9.69 Å². The van der Waals surface area contributed by atoms with E-state index in [1.54, 1.807) is 6.08 Å². The maximum absolute atomic E-state index is 11.8. The molecule has 0 spiro atoms. The Bertz CT molecular complexity index is 571. The van der Waals surface area contributed by atoms with Crippen LogP contribution in [0.15, 0.2) is 36.9 Å². The van der Waals surface area contributed by atoms with E-state index in [-0.39, 0.29) is 5.92 Å². The quantitative estimate of drug-likeness (QED) is 0.815. The smallest absolute Gasteiger partial charge is 0.313 e. The summed E-state index contributed by atoms with van der Waals surface area (Å²) in [7, 11) is 0. The molecule has 0 aliphatic carbocycles. The summed E-state index contributed by atoms with van der Waals surface area (Å²) in [6, 6.07) is 7.95. The van der Waals surface area contributed by atoms with Gasteiger partial charge in [0.25, 0.3) is 0 Å². The van der Waals surface area contributed by atoms with Crippen molar-refractivity contribution in [2.75, 3.05) is 32.9 Å². The fourth-order valence-electron chi connectivity index (χ4n) is 3.62. The molecule has 124 valence electrons. The van der Waals surface area contributed by atoms with Crippen LogP contribution in [-0.2, 0) is 16.1 Å². The Morgan fingerprint density at radius 2 is 2.26 bits per heavy atom. The lowest BCUT2D eigenvalue weighted by Gasteiger charge is -2.34. The Balaban J connectivity index is 1.65. The van der Waals surface area contributed by atoms with E-state index in [9.17, 15) is 9.90 Å². The third-order valence-electron chi connectivity index (χ3n) is 4.86. The van der Waals surface area contributed by atoms with Crippen LogP contribution in [0.1, 0.15) is 12.0 Å². The van der Waals surface area contributed by atoms with Crippen molar-refractivity contribution in [3.63, 3.8) is 0 Å². The Morgan fingerprint density at radius 1 is 1.48 bits per heavy atom. The molecule has 3 rings (SSSR count).